The minimum atomic E-state index is 0.277. The van der Waals surface area contributed by atoms with Gasteiger partial charge >= 0.3 is 0 Å². The molecule has 0 fully saturated rings. The fourth-order valence-electron chi connectivity index (χ4n) is 1.47. The maximum absolute atomic E-state index is 5.45. The third kappa shape index (κ3) is 3.73. The lowest BCUT2D eigenvalue weighted by Gasteiger charge is -2.16. The zero-order valence-electron chi connectivity index (χ0n) is 9.73. The summed E-state index contributed by atoms with van der Waals surface area (Å²) in [6.45, 7) is 4.33. The minimum Gasteiger partial charge on any atom is -0.388 e. The summed E-state index contributed by atoms with van der Waals surface area (Å²) in [5, 5.41) is 3.34. The van der Waals surface area contributed by atoms with Crippen molar-refractivity contribution in [2.75, 3.05) is 5.32 Å². The van der Waals surface area contributed by atoms with Gasteiger partial charge in [-0.05, 0) is 12.8 Å². The molecule has 1 heterocycles. The Morgan fingerprint density at radius 3 is 2.62 bits per heavy atom. The Morgan fingerprint density at radius 1 is 1.44 bits per heavy atom. The molecule has 5 heteroatoms. The number of thiocarbonyl (C=S) groups is 1. The lowest BCUT2D eigenvalue weighted by atomic mass is 10.1. The van der Waals surface area contributed by atoms with Gasteiger partial charge in [-0.1, -0.05) is 32.5 Å². The van der Waals surface area contributed by atoms with Crippen LogP contribution in [0.25, 0.3) is 0 Å². The molecule has 4 nitrogen and oxygen atoms in total. The van der Waals surface area contributed by atoms with Crippen LogP contribution in [0, 0.1) is 0 Å². The summed E-state index contributed by atoms with van der Waals surface area (Å²) in [5.41, 5.74) is 6.01. The molecule has 0 aliphatic carbocycles. The summed E-state index contributed by atoms with van der Waals surface area (Å²) < 4.78 is 0. The summed E-state index contributed by atoms with van der Waals surface area (Å²) >= 11 is 4.81. The number of anilines is 1. The van der Waals surface area contributed by atoms with Crippen LogP contribution in [0.3, 0.4) is 0 Å². The van der Waals surface area contributed by atoms with Crippen molar-refractivity contribution in [3.05, 3.63) is 18.1 Å². The molecule has 0 radical (unpaired) electrons. The lowest BCUT2D eigenvalue weighted by Crippen LogP contribution is -2.19. The third-order valence-corrected chi connectivity index (χ3v) is 2.60. The van der Waals surface area contributed by atoms with E-state index in [2.05, 4.69) is 29.1 Å². The molecular formula is C11H18N4S. The van der Waals surface area contributed by atoms with E-state index in [0.717, 1.165) is 25.1 Å². The monoisotopic (exact) mass is 238 g/mol. The molecule has 3 N–H and O–H groups in total. The number of nitrogens with one attached hydrogen (secondary N) is 1. The van der Waals surface area contributed by atoms with E-state index in [-0.39, 0.29) is 4.99 Å². The SMILES string of the molecule is CCCC(CC)Nc1cnc(C(N)=S)cn1. The lowest BCUT2D eigenvalue weighted by molar-refractivity contribution is 0.620. The molecule has 0 saturated carbocycles. The molecule has 16 heavy (non-hydrogen) atoms. The second-order valence-electron chi connectivity index (χ2n) is 3.69. The van der Waals surface area contributed by atoms with Crippen LogP contribution in [-0.4, -0.2) is 21.0 Å². The fourth-order valence-corrected chi connectivity index (χ4v) is 1.57. The zero-order valence-corrected chi connectivity index (χ0v) is 10.5. The molecule has 0 saturated heterocycles. The third-order valence-electron chi connectivity index (χ3n) is 2.39. The van der Waals surface area contributed by atoms with Crippen molar-refractivity contribution in [3.63, 3.8) is 0 Å². The number of nitrogens with zero attached hydrogens (tertiary/aromatic N) is 2. The molecule has 1 atom stereocenters. The predicted octanol–water partition coefficient (Wildman–Crippen LogP) is 2.10. The zero-order chi connectivity index (χ0) is 12.0. The molecule has 1 unspecified atom stereocenters. The molecule has 0 amide bonds. The van der Waals surface area contributed by atoms with Crippen LogP contribution in [0.15, 0.2) is 12.4 Å². The highest BCUT2D eigenvalue weighted by Crippen LogP contribution is 2.09. The normalized spacial score (nSPS) is 12.1. The van der Waals surface area contributed by atoms with Gasteiger partial charge in [0.1, 0.15) is 16.5 Å². The van der Waals surface area contributed by atoms with E-state index in [9.17, 15) is 0 Å². The summed E-state index contributed by atoms with van der Waals surface area (Å²) in [7, 11) is 0. The van der Waals surface area contributed by atoms with Gasteiger partial charge in [-0.15, -0.1) is 0 Å². The first-order valence-corrected chi connectivity index (χ1v) is 5.96. The summed E-state index contributed by atoms with van der Waals surface area (Å²) in [6, 6.07) is 0.454. The first-order valence-electron chi connectivity index (χ1n) is 5.55. The number of nitrogens with two attached hydrogens (primary N) is 1. The van der Waals surface area contributed by atoms with Crippen molar-refractivity contribution in [1.29, 1.82) is 0 Å². The van der Waals surface area contributed by atoms with E-state index in [4.69, 9.17) is 18.0 Å². The molecule has 0 aliphatic heterocycles. The predicted molar refractivity (Wildman–Crippen MR) is 70.5 cm³/mol. The molecule has 1 rings (SSSR count). The van der Waals surface area contributed by atoms with Crippen molar-refractivity contribution in [1.82, 2.24) is 9.97 Å². The summed E-state index contributed by atoms with van der Waals surface area (Å²) in [5.74, 6) is 0.778. The van der Waals surface area contributed by atoms with Crippen LogP contribution in [0.5, 0.6) is 0 Å². The van der Waals surface area contributed by atoms with Gasteiger partial charge in [0, 0.05) is 6.04 Å². The standard InChI is InChI=1S/C11H18N4S/c1-3-5-8(4-2)15-10-7-13-9(6-14-10)11(12)16/h6-8H,3-5H2,1-2H3,(H2,12,16)(H,14,15). The first-order chi connectivity index (χ1) is 7.67. The van der Waals surface area contributed by atoms with Crippen LogP contribution < -0.4 is 11.1 Å². The second kappa shape index (κ2) is 6.37. The molecule has 0 bridgehead atoms. The molecular weight excluding hydrogens is 220 g/mol. The van der Waals surface area contributed by atoms with Gasteiger partial charge in [0.05, 0.1) is 12.4 Å². The van der Waals surface area contributed by atoms with Gasteiger partial charge in [0.25, 0.3) is 0 Å². The van der Waals surface area contributed by atoms with Crippen molar-refractivity contribution in [3.8, 4) is 0 Å². The highest BCUT2D eigenvalue weighted by Gasteiger charge is 2.06. The van der Waals surface area contributed by atoms with Crippen molar-refractivity contribution in [2.45, 2.75) is 39.2 Å². The number of rotatable bonds is 6. The van der Waals surface area contributed by atoms with Gasteiger partial charge in [-0.3, -0.25) is 0 Å². The average molecular weight is 238 g/mol. The number of hydrogen-bond donors (Lipinski definition) is 2. The Hall–Kier alpha value is -1.23. The maximum Gasteiger partial charge on any atom is 0.144 e. The Kier molecular flexibility index (Phi) is 5.11. The Labute approximate surface area is 102 Å². The van der Waals surface area contributed by atoms with Gasteiger partial charge in [-0.2, -0.15) is 0 Å². The van der Waals surface area contributed by atoms with Gasteiger partial charge in [0.15, 0.2) is 0 Å². The van der Waals surface area contributed by atoms with Crippen LogP contribution in [0.4, 0.5) is 5.82 Å². The highest BCUT2D eigenvalue weighted by molar-refractivity contribution is 7.80. The number of hydrogen-bond acceptors (Lipinski definition) is 4. The quantitative estimate of drug-likeness (QED) is 0.743. The molecule has 1 aromatic rings. The summed E-state index contributed by atoms with van der Waals surface area (Å²) in [6.07, 6.45) is 6.64. The molecule has 0 aliphatic rings. The van der Waals surface area contributed by atoms with Crippen LogP contribution in [-0.2, 0) is 0 Å². The van der Waals surface area contributed by atoms with Crippen molar-refractivity contribution < 1.29 is 0 Å². The maximum atomic E-state index is 5.45. The van der Waals surface area contributed by atoms with Crippen molar-refractivity contribution in [2.24, 2.45) is 5.73 Å². The van der Waals surface area contributed by atoms with Crippen LogP contribution in [0.1, 0.15) is 38.8 Å². The molecule has 1 aromatic heterocycles. The van der Waals surface area contributed by atoms with E-state index < -0.39 is 0 Å². The second-order valence-corrected chi connectivity index (χ2v) is 4.13. The van der Waals surface area contributed by atoms with E-state index in [1.54, 1.807) is 12.4 Å². The minimum absolute atomic E-state index is 0.277. The number of aromatic nitrogens is 2. The van der Waals surface area contributed by atoms with Crippen LogP contribution in [0.2, 0.25) is 0 Å². The molecule has 0 spiro atoms. The highest BCUT2D eigenvalue weighted by atomic mass is 32.1. The van der Waals surface area contributed by atoms with E-state index >= 15 is 0 Å². The fraction of sp³-hybridized carbons (Fsp3) is 0.545. The van der Waals surface area contributed by atoms with Crippen LogP contribution >= 0.6 is 12.2 Å². The molecule has 0 aromatic carbocycles. The average Bonchev–Trinajstić information content (AvgIpc) is 2.29. The Balaban J connectivity index is 2.63. The van der Waals surface area contributed by atoms with Gasteiger partial charge in [-0.25, -0.2) is 9.97 Å². The van der Waals surface area contributed by atoms with E-state index in [1.807, 2.05) is 0 Å². The topological polar surface area (TPSA) is 63.8 Å². The molecule has 88 valence electrons. The van der Waals surface area contributed by atoms with Gasteiger partial charge in [0.2, 0.25) is 0 Å². The Bertz CT molecular complexity index is 336. The van der Waals surface area contributed by atoms with E-state index in [1.165, 1.54) is 0 Å². The summed E-state index contributed by atoms with van der Waals surface area (Å²) in [4.78, 5) is 8.64. The largest absolute Gasteiger partial charge is 0.388 e. The van der Waals surface area contributed by atoms with Gasteiger partial charge < -0.3 is 11.1 Å². The first kappa shape index (κ1) is 12.8. The van der Waals surface area contributed by atoms with Crippen molar-refractivity contribution >= 4 is 23.0 Å². The smallest absolute Gasteiger partial charge is 0.144 e. The Morgan fingerprint density at radius 2 is 2.19 bits per heavy atom. The van der Waals surface area contributed by atoms with E-state index in [0.29, 0.717) is 11.7 Å².